The molecule has 2 aromatic rings. The van der Waals surface area contributed by atoms with Gasteiger partial charge in [-0.3, -0.25) is 0 Å². The van der Waals surface area contributed by atoms with E-state index in [1.54, 1.807) is 17.7 Å². The summed E-state index contributed by atoms with van der Waals surface area (Å²) in [7, 11) is 0. The van der Waals surface area contributed by atoms with Crippen LogP contribution in [0.5, 0.6) is 0 Å². The van der Waals surface area contributed by atoms with Crippen LogP contribution in [0.15, 0.2) is 11.7 Å². The zero-order valence-electron chi connectivity index (χ0n) is 12.9. The summed E-state index contributed by atoms with van der Waals surface area (Å²) in [6.45, 7) is 7.62. The van der Waals surface area contributed by atoms with Crippen LogP contribution >= 0.6 is 11.3 Å². The van der Waals surface area contributed by atoms with Gasteiger partial charge in [0.1, 0.15) is 12.1 Å². The number of aryl methyl sites for hydroxylation is 1. The Morgan fingerprint density at radius 1 is 1.38 bits per heavy atom. The highest BCUT2D eigenvalue weighted by Crippen LogP contribution is 2.33. The van der Waals surface area contributed by atoms with Crippen molar-refractivity contribution in [3.8, 4) is 0 Å². The van der Waals surface area contributed by atoms with E-state index < -0.39 is 0 Å². The fourth-order valence-electron chi connectivity index (χ4n) is 3.10. The molecule has 4 nitrogen and oxygen atoms in total. The summed E-state index contributed by atoms with van der Waals surface area (Å²) in [5.74, 6) is 1.14. The molecule has 0 aliphatic carbocycles. The molecule has 5 heteroatoms. The summed E-state index contributed by atoms with van der Waals surface area (Å²) in [6, 6.07) is 0.561. The van der Waals surface area contributed by atoms with Crippen LogP contribution < -0.4 is 10.2 Å². The molecule has 1 N–H and O–H groups in total. The maximum Gasteiger partial charge on any atom is 0.150 e. The number of aromatic nitrogens is 2. The number of anilines is 1. The lowest BCUT2D eigenvalue weighted by molar-refractivity contribution is 0.434. The highest BCUT2D eigenvalue weighted by atomic mass is 32.1. The topological polar surface area (TPSA) is 41.0 Å². The number of piperidine rings is 1. The number of thiophene rings is 1. The van der Waals surface area contributed by atoms with Gasteiger partial charge in [0.2, 0.25) is 0 Å². The van der Waals surface area contributed by atoms with Gasteiger partial charge in [0, 0.05) is 19.1 Å². The van der Waals surface area contributed by atoms with Crippen molar-refractivity contribution in [1.29, 1.82) is 0 Å². The number of nitrogens with zero attached hydrogens (tertiary/aromatic N) is 3. The van der Waals surface area contributed by atoms with Crippen molar-refractivity contribution in [3.63, 3.8) is 0 Å². The lowest BCUT2D eigenvalue weighted by Gasteiger charge is -2.37. The zero-order chi connectivity index (χ0) is 14.7. The van der Waals surface area contributed by atoms with Gasteiger partial charge < -0.3 is 10.2 Å². The minimum atomic E-state index is 0.561. The first-order valence-electron chi connectivity index (χ1n) is 7.97. The van der Waals surface area contributed by atoms with Crippen molar-refractivity contribution in [1.82, 2.24) is 15.3 Å². The molecule has 0 spiro atoms. The Morgan fingerprint density at radius 3 is 3.14 bits per heavy atom. The molecule has 3 rings (SSSR count). The van der Waals surface area contributed by atoms with Gasteiger partial charge in [0.15, 0.2) is 0 Å². The van der Waals surface area contributed by atoms with Gasteiger partial charge in [-0.1, -0.05) is 6.92 Å². The van der Waals surface area contributed by atoms with Gasteiger partial charge in [0.25, 0.3) is 0 Å². The lowest BCUT2D eigenvalue weighted by Crippen LogP contribution is -2.46. The zero-order valence-corrected chi connectivity index (χ0v) is 13.7. The molecule has 21 heavy (non-hydrogen) atoms. The first-order chi connectivity index (χ1) is 10.3. The van der Waals surface area contributed by atoms with Crippen molar-refractivity contribution in [2.24, 2.45) is 0 Å². The summed E-state index contributed by atoms with van der Waals surface area (Å²) in [5, 5.41) is 5.77. The van der Waals surface area contributed by atoms with E-state index >= 15 is 0 Å². The largest absolute Gasteiger partial charge is 0.351 e. The monoisotopic (exact) mass is 304 g/mol. The molecule has 2 aromatic heterocycles. The van der Waals surface area contributed by atoms with Crippen molar-refractivity contribution >= 4 is 27.4 Å². The van der Waals surface area contributed by atoms with Crippen LogP contribution in [0.25, 0.3) is 10.2 Å². The summed E-state index contributed by atoms with van der Waals surface area (Å²) < 4.78 is 1.25. The van der Waals surface area contributed by atoms with Gasteiger partial charge in [-0.25, -0.2) is 9.97 Å². The molecule has 3 heterocycles. The van der Waals surface area contributed by atoms with E-state index in [1.165, 1.54) is 35.9 Å². The molecule has 0 saturated carbocycles. The molecule has 0 aromatic carbocycles. The summed E-state index contributed by atoms with van der Waals surface area (Å²) >= 11 is 1.78. The number of hydrogen-bond donors (Lipinski definition) is 1. The van der Waals surface area contributed by atoms with E-state index in [4.69, 9.17) is 0 Å². The first kappa shape index (κ1) is 14.7. The van der Waals surface area contributed by atoms with Crippen LogP contribution in [-0.2, 0) is 0 Å². The third kappa shape index (κ3) is 3.04. The smallest absolute Gasteiger partial charge is 0.150 e. The van der Waals surface area contributed by atoms with E-state index in [2.05, 4.69) is 39.4 Å². The third-order valence-electron chi connectivity index (χ3n) is 4.22. The Kier molecular flexibility index (Phi) is 4.70. The Bertz CT molecular complexity index is 595. The SMILES string of the molecule is CCCNCC1CCCCN1c1ncnc2c(C)csc12. The average Bonchev–Trinajstić information content (AvgIpc) is 2.90. The fourth-order valence-corrected chi connectivity index (χ4v) is 4.11. The standard InChI is InChI=1S/C16H24N4S/c1-3-7-17-9-13-6-4-5-8-20(13)16-15-14(18-11-19-16)12(2)10-21-15/h10-11,13,17H,3-9H2,1-2H3. The maximum atomic E-state index is 4.62. The molecule has 114 valence electrons. The van der Waals surface area contributed by atoms with Crippen molar-refractivity contribution in [2.75, 3.05) is 24.5 Å². The van der Waals surface area contributed by atoms with Gasteiger partial charge in [0.05, 0.1) is 10.2 Å². The van der Waals surface area contributed by atoms with Gasteiger partial charge in [-0.15, -0.1) is 11.3 Å². The van der Waals surface area contributed by atoms with Crippen LogP contribution in [0, 0.1) is 6.92 Å². The molecule has 0 amide bonds. The molecule has 1 fully saturated rings. The Hall–Kier alpha value is -1.20. The van der Waals surface area contributed by atoms with E-state index in [-0.39, 0.29) is 0 Å². The normalized spacial score (nSPS) is 19.3. The van der Waals surface area contributed by atoms with E-state index in [1.807, 2.05) is 0 Å². The number of hydrogen-bond acceptors (Lipinski definition) is 5. The minimum Gasteiger partial charge on any atom is -0.351 e. The van der Waals surface area contributed by atoms with Crippen molar-refractivity contribution in [3.05, 3.63) is 17.3 Å². The Labute approximate surface area is 130 Å². The summed E-state index contributed by atoms with van der Waals surface area (Å²) in [4.78, 5) is 11.6. The molecule has 0 radical (unpaired) electrons. The highest BCUT2D eigenvalue weighted by Gasteiger charge is 2.25. The molecule has 0 bridgehead atoms. The third-order valence-corrected chi connectivity index (χ3v) is 5.30. The number of rotatable bonds is 5. The summed E-state index contributed by atoms with van der Waals surface area (Å²) in [5.41, 5.74) is 2.38. The van der Waals surface area contributed by atoms with Crippen LogP contribution in [0.2, 0.25) is 0 Å². The maximum absolute atomic E-state index is 4.62. The fraction of sp³-hybridized carbons (Fsp3) is 0.625. The molecular formula is C16H24N4S. The van der Waals surface area contributed by atoms with E-state index in [0.717, 1.165) is 31.0 Å². The van der Waals surface area contributed by atoms with Gasteiger partial charge >= 0.3 is 0 Å². The van der Waals surface area contributed by atoms with E-state index in [9.17, 15) is 0 Å². The molecule has 1 unspecified atom stereocenters. The first-order valence-corrected chi connectivity index (χ1v) is 8.85. The Morgan fingerprint density at radius 2 is 2.29 bits per heavy atom. The molecule has 1 atom stereocenters. The van der Waals surface area contributed by atoms with Crippen LogP contribution in [-0.4, -0.2) is 35.6 Å². The summed E-state index contributed by atoms with van der Waals surface area (Å²) in [6.07, 6.45) is 6.76. The second-order valence-corrected chi connectivity index (χ2v) is 6.72. The second-order valence-electron chi connectivity index (χ2n) is 5.84. The van der Waals surface area contributed by atoms with Crippen LogP contribution in [0.4, 0.5) is 5.82 Å². The molecule has 1 aliphatic rings. The second kappa shape index (κ2) is 6.71. The average molecular weight is 304 g/mol. The molecular weight excluding hydrogens is 280 g/mol. The predicted molar refractivity (Wildman–Crippen MR) is 90.3 cm³/mol. The minimum absolute atomic E-state index is 0.561. The quantitative estimate of drug-likeness (QED) is 0.860. The van der Waals surface area contributed by atoms with Crippen molar-refractivity contribution in [2.45, 2.75) is 45.6 Å². The van der Waals surface area contributed by atoms with E-state index in [0.29, 0.717) is 6.04 Å². The van der Waals surface area contributed by atoms with Gasteiger partial charge in [-0.2, -0.15) is 0 Å². The molecule has 1 aliphatic heterocycles. The predicted octanol–water partition coefficient (Wildman–Crippen LogP) is 3.36. The number of nitrogens with one attached hydrogen (secondary N) is 1. The van der Waals surface area contributed by atoms with Gasteiger partial charge in [-0.05, 0) is 50.1 Å². The lowest BCUT2D eigenvalue weighted by atomic mass is 10.0. The Balaban J connectivity index is 1.87. The van der Waals surface area contributed by atoms with Crippen LogP contribution in [0.3, 0.4) is 0 Å². The number of fused-ring (bicyclic) bond motifs is 1. The molecule has 1 saturated heterocycles. The van der Waals surface area contributed by atoms with Crippen LogP contribution in [0.1, 0.15) is 38.2 Å². The highest BCUT2D eigenvalue weighted by molar-refractivity contribution is 7.18. The van der Waals surface area contributed by atoms with Crippen molar-refractivity contribution < 1.29 is 0 Å².